The smallest absolute Gasteiger partial charge is 0.275 e. The molecule has 6 nitrogen and oxygen atoms in total. The molecule has 3 rings (SSSR count). The van der Waals surface area contributed by atoms with Crippen LogP contribution in [-0.2, 0) is 4.74 Å². The first-order chi connectivity index (χ1) is 13.1. The second-order valence-corrected chi connectivity index (χ2v) is 6.77. The number of nitrogens with zero attached hydrogens (tertiary/aromatic N) is 2. The predicted molar refractivity (Wildman–Crippen MR) is 105 cm³/mol. The molecule has 0 spiro atoms. The molecule has 0 atom stereocenters. The number of rotatable bonds is 5. The molecule has 8 heteroatoms. The number of methoxy groups -OCH3 is 1. The number of amides is 1. The van der Waals surface area contributed by atoms with Crippen molar-refractivity contribution < 1.29 is 18.7 Å². The largest absolute Gasteiger partial charge is 0.496 e. The van der Waals surface area contributed by atoms with Gasteiger partial charge in [-0.15, -0.1) is 0 Å². The summed E-state index contributed by atoms with van der Waals surface area (Å²) in [5.41, 5.74) is 3.86. The highest BCUT2D eigenvalue weighted by molar-refractivity contribution is 9.10. The summed E-state index contributed by atoms with van der Waals surface area (Å²) in [6.45, 7) is 2.51. The van der Waals surface area contributed by atoms with E-state index in [1.165, 1.54) is 19.4 Å². The lowest BCUT2D eigenvalue weighted by Crippen LogP contribution is -2.36. The molecule has 1 aliphatic rings. The summed E-state index contributed by atoms with van der Waals surface area (Å²) in [4.78, 5) is 14.2. The highest BCUT2D eigenvalue weighted by Gasteiger charge is 2.15. The predicted octanol–water partition coefficient (Wildman–Crippen LogP) is 3.20. The number of nitrogens with one attached hydrogen (secondary N) is 1. The normalized spacial score (nSPS) is 14.4. The second kappa shape index (κ2) is 8.96. The Morgan fingerprint density at radius 1 is 1.30 bits per heavy atom. The molecule has 1 heterocycles. The first kappa shape index (κ1) is 19.3. The van der Waals surface area contributed by atoms with Gasteiger partial charge in [0.2, 0.25) is 0 Å². The topological polar surface area (TPSA) is 63.2 Å². The van der Waals surface area contributed by atoms with Gasteiger partial charge < -0.3 is 14.4 Å². The molecule has 2 aromatic rings. The van der Waals surface area contributed by atoms with Gasteiger partial charge in [-0.05, 0) is 35.9 Å². The number of hydrogen-bond acceptors (Lipinski definition) is 5. The number of hydrogen-bond donors (Lipinski definition) is 1. The lowest BCUT2D eigenvalue weighted by atomic mass is 10.2. The summed E-state index contributed by atoms with van der Waals surface area (Å²) in [6, 6.07) is 9.95. The summed E-state index contributed by atoms with van der Waals surface area (Å²) >= 11 is 3.32. The molecule has 1 amide bonds. The first-order valence-electron chi connectivity index (χ1n) is 8.37. The third-order valence-corrected chi connectivity index (χ3v) is 4.60. The van der Waals surface area contributed by atoms with Crippen molar-refractivity contribution in [2.45, 2.75) is 0 Å². The number of anilines is 1. The van der Waals surface area contributed by atoms with Crippen LogP contribution in [0.5, 0.6) is 5.75 Å². The number of benzene rings is 2. The van der Waals surface area contributed by atoms with Gasteiger partial charge in [-0.25, -0.2) is 9.82 Å². The standard InChI is InChI=1S/C19H19BrFN3O3/c1-26-18-5-3-14(20)11-15(18)19(25)23-22-12-13-2-4-17(16(21)10-13)24-6-8-27-9-7-24/h2-5,10-12H,6-9H2,1H3,(H,23,25)/b22-12-. The maximum absolute atomic E-state index is 14.4. The van der Waals surface area contributed by atoms with Crippen LogP contribution in [0.4, 0.5) is 10.1 Å². The average Bonchev–Trinajstić information content (AvgIpc) is 2.68. The van der Waals surface area contributed by atoms with E-state index in [1.807, 2.05) is 4.90 Å². The molecule has 27 heavy (non-hydrogen) atoms. The molecule has 2 aromatic carbocycles. The summed E-state index contributed by atoms with van der Waals surface area (Å²) < 4.78 is 25.6. The Morgan fingerprint density at radius 2 is 2.07 bits per heavy atom. The molecule has 0 aliphatic carbocycles. The van der Waals surface area contributed by atoms with Gasteiger partial charge in [0, 0.05) is 17.6 Å². The van der Waals surface area contributed by atoms with E-state index in [0.29, 0.717) is 48.9 Å². The van der Waals surface area contributed by atoms with Crippen LogP contribution in [-0.4, -0.2) is 45.5 Å². The fourth-order valence-electron chi connectivity index (χ4n) is 2.75. The molecule has 1 aliphatic heterocycles. The Labute approximate surface area is 165 Å². The van der Waals surface area contributed by atoms with Gasteiger partial charge in [-0.3, -0.25) is 4.79 Å². The monoisotopic (exact) mass is 435 g/mol. The van der Waals surface area contributed by atoms with E-state index in [9.17, 15) is 9.18 Å². The van der Waals surface area contributed by atoms with Crippen molar-refractivity contribution in [3.8, 4) is 5.75 Å². The lowest BCUT2D eigenvalue weighted by Gasteiger charge is -2.29. The molecule has 0 radical (unpaired) electrons. The van der Waals surface area contributed by atoms with Crippen LogP contribution in [0.15, 0.2) is 46.0 Å². The SMILES string of the molecule is COc1ccc(Br)cc1C(=O)N/N=C\c1ccc(N2CCOCC2)c(F)c1. The zero-order chi connectivity index (χ0) is 19.2. The van der Waals surface area contributed by atoms with Crippen molar-refractivity contribution in [3.05, 3.63) is 57.8 Å². The van der Waals surface area contributed by atoms with Crippen LogP contribution in [0.25, 0.3) is 0 Å². The van der Waals surface area contributed by atoms with Crippen molar-refractivity contribution in [1.29, 1.82) is 0 Å². The molecule has 1 saturated heterocycles. The molecule has 0 unspecified atom stereocenters. The Kier molecular flexibility index (Phi) is 6.41. The van der Waals surface area contributed by atoms with Crippen molar-refractivity contribution in [2.75, 3.05) is 38.3 Å². The zero-order valence-corrected chi connectivity index (χ0v) is 16.3. The van der Waals surface area contributed by atoms with E-state index in [2.05, 4.69) is 26.5 Å². The van der Waals surface area contributed by atoms with Crippen LogP contribution in [0, 0.1) is 5.82 Å². The van der Waals surface area contributed by atoms with Gasteiger partial charge in [-0.1, -0.05) is 22.0 Å². The Morgan fingerprint density at radius 3 is 2.78 bits per heavy atom. The minimum atomic E-state index is -0.421. The van der Waals surface area contributed by atoms with Gasteiger partial charge in [0.25, 0.3) is 5.91 Å². The minimum Gasteiger partial charge on any atom is -0.496 e. The zero-order valence-electron chi connectivity index (χ0n) is 14.7. The fraction of sp³-hybridized carbons (Fsp3) is 0.263. The first-order valence-corrected chi connectivity index (χ1v) is 9.17. The van der Waals surface area contributed by atoms with Crippen LogP contribution < -0.4 is 15.1 Å². The van der Waals surface area contributed by atoms with E-state index in [-0.39, 0.29) is 5.82 Å². The number of carbonyl (C=O) groups excluding carboxylic acids is 1. The van der Waals surface area contributed by atoms with Gasteiger partial charge in [0.05, 0.1) is 37.8 Å². The Balaban J connectivity index is 1.67. The van der Waals surface area contributed by atoms with Crippen LogP contribution in [0.2, 0.25) is 0 Å². The molecule has 1 N–H and O–H groups in total. The van der Waals surface area contributed by atoms with Crippen molar-refractivity contribution in [1.82, 2.24) is 5.43 Å². The average molecular weight is 436 g/mol. The lowest BCUT2D eigenvalue weighted by molar-refractivity contribution is 0.0952. The van der Waals surface area contributed by atoms with E-state index >= 15 is 0 Å². The summed E-state index contributed by atoms with van der Waals surface area (Å²) in [6.07, 6.45) is 1.40. The van der Waals surface area contributed by atoms with Crippen LogP contribution in [0.3, 0.4) is 0 Å². The molecule has 1 fully saturated rings. The molecular formula is C19H19BrFN3O3. The highest BCUT2D eigenvalue weighted by Crippen LogP contribution is 2.23. The van der Waals surface area contributed by atoms with Crippen molar-refractivity contribution >= 4 is 33.7 Å². The maximum atomic E-state index is 14.4. The van der Waals surface area contributed by atoms with E-state index < -0.39 is 5.91 Å². The van der Waals surface area contributed by atoms with Gasteiger partial charge in [0.1, 0.15) is 11.6 Å². The van der Waals surface area contributed by atoms with Crippen LogP contribution >= 0.6 is 15.9 Å². The van der Waals surface area contributed by atoms with Gasteiger partial charge in [-0.2, -0.15) is 5.10 Å². The third-order valence-electron chi connectivity index (χ3n) is 4.11. The van der Waals surface area contributed by atoms with Gasteiger partial charge in [0.15, 0.2) is 0 Å². The number of hydrazone groups is 1. The molecular weight excluding hydrogens is 417 g/mol. The number of ether oxygens (including phenoxy) is 2. The second-order valence-electron chi connectivity index (χ2n) is 5.85. The third kappa shape index (κ3) is 4.84. The van der Waals surface area contributed by atoms with Crippen LogP contribution in [0.1, 0.15) is 15.9 Å². The molecule has 0 aromatic heterocycles. The minimum absolute atomic E-state index is 0.333. The summed E-state index contributed by atoms with van der Waals surface area (Å²) in [5, 5.41) is 3.91. The number of morpholine rings is 1. The number of carbonyl (C=O) groups is 1. The summed E-state index contributed by atoms with van der Waals surface area (Å²) in [7, 11) is 1.49. The quantitative estimate of drug-likeness (QED) is 0.578. The van der Waals surface area contributed by atoms with E-state index in [4.69, 9.17) is 9.47 Å². The molecule has 0 saturated carbocycles. The van der Waals surface area contributed by atoms with Crippen molar-refractivity contribution in [2.24, 2.45) is 5.10 Å². The number of halogens is 2. The van der Waals surface area contributed by atoms with E-state index in [0.717, 1.165) is 4.47 Å². The van der Waals surface area contributed by atoms with E-state index in [1.54, 1.807) is 30.3 Å². The highest BCUT2D eigenvalue weighted by atomic mass is 79.9. The fourth-order valence-corrected chi connectivity index (χ4v) is 3.11. The van der Waals surface area contributed by atoms with Gasteiger partial charge >= 0.3 is 0 Å². The molecule has 0 bridgehead atoms. The molecule has 142 valence electrons. The van der Waals surface area contributed by atoms with Crippen molar-refractivity contribution in [3.63, 3.8) is 0 Å². The Bertz CT molecular complexity index is 854. The maximum Gasteiger partial charge on any atom is 0.275 e. The Hall–Kier alpha value is -2.45. The summed E-state index contributed by atoms with van der Waals surface area (Å²) in [5.74, 6) is -0.317.